The van der Waals surface area contributed by atoms with E-state index in [-0.39, 0.29) is 31.7 Å². The molecule has 1 aromatic heterocycles. The Labute approximate surface area is 132 Å². The van der Waals surface area contributed by atoms with Crippen molar-refractivity contribution in [3.05, 3.63) is 11.9 Å². The predicted molar refractivity (Wildman–Crippen MR) is 80.8 cm³/mol. The summed E-state index contributed by atoms with van der Waals surface area (Å²) in [6.07, 6.45) is 1.83. The van der Waals surface area contributed by atoms with E-state index in [9.17, 15) is 17.6 Å². The van der Waals surface area contributed by atoms with Gasteiger partial charge in [0, 0.05) is 38.0 Å². The number of nitrogens with one attached hydrogen (secondary N) is 2. The van der Waals surface area contributed by atoms with Crippen molar-refractivity contribution in [2.45, 2.75) is 24.9 Å². The molecule has 0 radical (unpaired) electrons. The number of halogens is 1. The van der Waals surface area contributed by atoms with Gasteiger partial charge < -0.3 is 10.2 Å². The van der Waals surface area contributed by atoms with Gasteiger partial charge in [-0.2, -0.15) is 13.1 Å². The molecule has 1 fully saturated rings. The monoisotopic (exact) mass is 344 g/mol. The summed E-state index contributed by atoms with van der Waals surface area (Å²) in [5.74, 6) is 0.971. The van der Waals surface area contributed by atoms with Crippen LogP contribution in [0.15, 0.2) is 6.33 Å². The lowest BCUT2D eigenvalue weighted by Crippen LogP contribution is -2.49. The Bertz CT molecular complexity index is 732. The highest BCUT2D eigenvalue weighted by atomic mass is 32.2. The van der Waals surface area contributed by atoms with E-state index in [2.05, 4.69) is 15.3 Å². The minimum atomic E-state index is -3.91. The third kappa shape index (κ3) is 3.57. The van der Waals surface area contributed by atoms with Gasteiger partial charge in [-0.1, -0.05) is 0 Å². The van der Waals surface area contributed by atoms with E-state index in [4.69, 9.17) is 5.14 Å². The van der Waals surface area contributed by atoms with Gasteiger partial charge in [-0.05, 0) is 0 Å². The number of carbonyl (C=O) groups excluding carboxylic acids is 1. The standard InChI is InChI=1S/C12H17FN6O3S/c13-12(6-17-23(14,21)22)1-3-19(4-2-12)11-8-5-9(20)18-10(8)15-7-16-11/h7,17H,1-6H2,(H2,14,21,22)(H,15,16,18,20). The lowest BCUT2D eigenvalue weighted by Gasteiger charge is -2.37. The second kappa shape index (κ2) is 5.65. The summed E-state index contributed by atoms with van der Waals surface area (Å²) >= 11 is 0. The van der Waals surface area contributed by atoms with Crippen LogP contribution in [0.2, 0.25) is 0 Å². The summed E-state index contributed by atoms with van der Waals surface area (Å²) in [5, 5.41) is 7.48. The van der Waals surface area contributed by atoms with Crippen LogP contribution in [0.1, 0.15) is 18.4 Å². The molecule has 0 bridgehead atoms. The first kappa shape index (κ1) is 16.0. The fourth-order valence-corrected chi connectivity index (χ4v) is 3.27. The summed E-state index contributed by atoms with van der Waals surface area (Å²) < 4.78 is 38.4. The third-order valence-corrected chi connectivity index (χ3v) is 4.61. The molecule has 0 unspecified atom stereocenters. The number of anilines is 2. The van der Waals surface area contributed by atoms with Gasteiger partial charge in [-0.15, -0.1) is 0 Å². The number of alkyl halides is 1. The van der Waals surface area contributed by atoms with E-state index in [1.807, 2.05) is 9.62 Å². The summed E-state index contributed by atoms with van der Waals surface area (Å²) in [4.78, 5) is 21.6. The van der Waals surface area contributed by atoms with Crippen molar-refractivity contribution in [3.63, 3.8) is 0 Å². The van der Waals surface area contributed by atoms with Crippen LogP contribution in [-0.2, 0) is 21.4 Å². The number of rotatable bonds is 4. The molecule has 4 N–H and O–H groups in total. The van der Waals surface area contributed by atoms with Gasteiger partial charge in [0.05, 0.1) is 6.42 Å². The molecule has 2 aliphatic heterocycles. The number of piperidine rings is 1. The highest BCUT2D eigenvalue weighted by molar-refractivity contribution is 7.87. The summed E-state index contributed by atoms with van der Waals surface area (Å²) in [5.41, 5.74) is -0.931. The Hall–Kier alpha value is -1.85. The van der Waals surface area contributed by atoms with Gasteiger partial charge in [-0.3, -0.25) is 4.79 Å². The minimum Gasteiger partial charge on any atom is -0.356 e. The van der Waals surface area contributed by atoms with E-state index in [1.165, 1.54) is 6.33 Å². The smallest absolute Gasteiger partial charge is 0.274 e. The molecule has 126 valence electrons. The van der Waals surface area contributed by atoms with Gasteiger partial charge in [0.15, 0.2) is 0 Å². The Morgan fingerprint density at radius 3 is 2.74 bits per heavy atom. The second-order valence-corrected chi connectivity index (χ2v) is 7.13. The highest BCUT2D eigenvalue weighted by Crippen LogP contribution is 2.33. The molecule has 9 nitrogen and oxygen atoms in total. The van der Waals surface area contributed by atoms with Gasteiger partial charge in [0.1, 0.15) is 23.6 Å². The molecule has 3 rings (SSSR count). The van der Waals surface area contributed by atoms with E-state index in [1.54, 1.807) is 0 Å². The lowest BCUT2D eigenvalue weighted by atomic mass is 9.93. The largest absolute Gasteiger partial charge is 0.356 e. The van der Waals surface area contributed by atoms with E-state index in [0.717, 1.165) is 0 Å². The minimum absolute atomic E-state index is 0.135. The molecule has 0 aromatic carbocycles. The lowest BCUT2D eigenvalue weighted by molar-refractivity contribution is -0.115. The first-order valence-corrected chi connectivity index (χ1v) is 8.65. The Kier molecular flexibility index (Phi) is 3.94. The van der Waals surface area contributed by atoms with Crippen LogP contribution in [0, 0.1) is 0 Å². The first-order chi connectivity index (χ1) is 10.8. The van der Waals surface area contributed by atoms with Gasteiger partial charge in [-0.25, -0.2) is 19.5 Å². The molecule has 1 saturated heterocycles. The quantitative estimate of drug-likeness (QED) is 0.647. The molecule has 0 aliphatic carbocycles. The number of hydrogen-bond donors (Lipinski definition) is 3. The number of nitrogens with zero attached hydrogens (tertiary/aromatic N) is 3. The van der Waals surface area contributed by atoms with Crippen molar-refractivity contribution in [1.82, 2.24) is 14.7 Å². The number of nitrogens with two attached hydrogens (primary N) is 1. The number of aromatic nitrogens is 2. The van der Waals surface area contributed by atoms with Crippen molar-refractivity contribution in [3.8, 4) is 0 Å². The van der Waals surface area contributed by atoms with Gasteiger partial charge in [0.2, 0.25) is 5.91 Å². The molecule has 0 spiro atoms. The second-order valence-electron chi connectivity index (χ2n) is 5.75. The van der Waals surface area contributed by atoms with Crippen LogP contribution in [-0.4, -0.2) is 49.6 Å². The molecule has 3 heterocycles. The summed E-state index contributed by atoms with van der Waals surface area (Å²) in [6.45, 7) is 0.377. The van der Waals surface area contributed by atoms with Crippen LogP contribution in [0.25, 0.3) is 0 Å². The van der Waals surface area contributed by atoms with Crippen molar-refractivity contribution in [2.75, 3.05) is 29.9 Å². The zero-order valence-electron chi connectivity index (χ0n) is 12.2. The first-order valence-electron chi connectivity index (χ1n) is 7.11. The van der Waals surface area contributed by atoms with Crippen LogP contribution in [0.4, 0.5) is 16.0 Å². The number of fused-ring (bicyclic) bond motifs is 1. The summed E-state index contributed by atoms with van der Waals surface area (Å²) in [6, 6.07) is 0. The summed E-state index contributed by atoms with van der Waals surface area (Å²) in [7, 11) is -3.91. The maximum atomic E-state index is 14.6. The SMILES string of the molecule is NS(=O)(=O)NCC1(F)CCN(c2ncnc3c2CC(=O)N3)CC1. The van der Waals surface area contributed by atoms with Crippen molar-refractivity contribution in [1.29, 1.82) is 0 Å². The Morgan fingerprint density at radius 1 is 1.39 bits per heavy atom. The fraction of sp³-hybridized carbons (Fsp3) is 0.583. The molecule has 1 aromatic rings. The van der Waals surface area contributed by atoms with Crippen molar-refractivity contribution >= 4 is 27.8 Å². The average molecular weight is 344 g/mol. The van der Waals surface area contributed by atoms with Crippen LogP contribution in [0.5, 0.6) is 0 Å². The van der Waals surface area contributed by atoms with Crippen LogP contribution in [0.3, 0.4) is 0 Å². The van der Waals surface area contributed by atoms with Gasteiger partial charge in [0.25, 0.3) is 10.2 Å². The topological polar surface area (TPSA) is 130 Å². The molecule has 0 saturated carbocycles. The average Bonchev–Trinajstić information content (AvgIpc) is 2.86. The molecule has 2 aliphatic rings. The number of amides is 1. The molecular weight excluding hydrogens is 327 g/mol. The van der Waals surface area contributed by atoms with Gasteiger partial charge >= 0.3 is 0 Å². The molecular formula is C12H17FN6O3S. The predicted octanol–water partition coefficient (Wildman–Crippen LogP) is -0.927. The van der Waals surface area contributed by atoms with Crippen molar-refractivity contribution in [2.24, 2.45) is 5.14 Å². The van der Waals surface area contributed by atoms with E-state index < -0.39 is 15.9 Å². The molecule has 23 heavy (non-hydrogen) atoms. The van der Waals surface area contributed by atoms with Crippen molar-refractivity contribution < 1.29 is 17.6 Å². The van der Waals surface area contributed by atoms with E-state index in [0.29, 0.717) is 30.3 Å². The fourth-order valence-electron chi connectivity index (χ4n) is 2.81. The van der Waals surface area contributed by atoms with Crippen LogP contribution < -0.4 is 20.1 Å². The third-order valence-electron chi connectivity index (χ3n) is 4.07. The zero-order chi connectivity index (χ0) is 16.7. The number of carbonyl (C=O) groups is 1. The highest BCUT2D eigenvalue weighted by Gasteiger charge is 2.37. The number of hydrogen-bond acceptors (Lipinski definition) is 6. The maximum absolute atomic E-state index is 14.6. The molecule has 11 heteroatoms. The van der Waals surface area contributed by atoms with Crippen LogP contribution >= 0.6 is 0 Å². The zero-order valence-corrected chi connectivity index (χ0v) is 13.1. The normalized spacial score (nSPS) is 20.3. The van der Waals surface area contributed by atoms with E-state index >= 15 is 0 Å². The molecule has 1 amide bonds. The maximum Gasteiger partial charge on any atom is 0.274 e. The Balaban J connectivity index is 1.68. The Morgan fingerprint density at radius 2 is 2.09 bits per heavy atom. The molecule has 0 atom stereocenters.